The molecule has 0 radical (unpaired) electrons. The van der Waals surface area contributed by atoms with Gasteiger partial charge < -0.3 is 5.32 Å². The minimum atomic E-state index is 0.172. The molecule has 106 valence electrons. The van der Waals surface area contributed by atoms with E-state index >= 15 is 0 Å². The molecule has 1 aromatic carbocycles. The van der Waals surface area contributed by atoms with Crippen molar-refractivity contribution < 1.29 is 0 Å². The molecule has 0 bridgehead atoms. The lowest BCUT2D eigenvalue weighted by Gasteiger charge is -2.27. The van der Waals surface area contributed by atoms with Gasteiger partial charge in [0.1, 0.15) is 0 Å². The topological polar surface area (TPSA) is 12.0 Å². The van der Waals surface area contributed by atoms with E-state index in [4.69, 9.17) is 23.2 Å². The number of benzene rings is 1. The van der Waals surface area contributed by atoms with Gasteiger partial charge in [0.25, 0.3) is 0 Å². The van der Waals surface area contributed by atoms with E-state index in [1.807, 2.05) is 12.1 Å². The summed E-state index contributed by atoms with van der Waals surface area (Å²) in [6.07, 6.45) is 3.77. The summed E-state index contributed by atoms with van der Waals surface area (Å²) in [5.41, 5.74) is 1.40. The lowest BCUT2D eigenvalue weighted by atomic mass is 9.88. The fourth-order valence-electron chi connectivity index (χ4n) is 2.93. The number of hydrogen-bond acceptors (Lipinski definition) is 1. The third-order valence-corrected chi connectivity index (χ3v) is 4.77. The lowest BCUT2D eigenvalue weighted by molar-refractivity contribution is 0.356. The molecule has 0 aliphatic heterocycles. The molecule has 0 saturated heterocycles. The zero-order chi connectivity index (χ0) is 14.0. The number of rotatable bonds is 3. The molecule has 0 aromatic heterocycles. The van der Waals surface area contributed by atoms with Crippen LogP contribution in [0.1, 0.15) is 51.5 Å². The van der Waals surface area contributed by atoms with Gasteiger partial charge in [-0.3, -0.25) is 0 Å². The Bertz CT molecular complexity index is 437. The Labute approximate surface area is 126 Å². The highest BCUT2D eigenvalue weighted by Gasteiger charge is 2.30. The molecule has 3 heteroatoms. The molecule has 19 heavy (non-hydrogen) atoms. The minimum absolute atomic E-state index is 0.172. The van der Waals surface area contributed by atoms with Gasteiger partial charge in [-0.25, -0.2) is 0 Å². The van der Waals surface area contributed by atoms with Gasteiger partial charge in [0.2, 0.25) is 0 Å². The number of halogens is 2. The van der Waals surface area contributed by atoms with E-state index in [1.165, 1.54) is 24.8 Å². The summed E-state index contributed by atoms with van der Waals surface area (Å²) >= 11 is 12.5. The van der Waals surface area contributed by atoms with Crippen molar-refractivity contribution in [3.05, 3.63) is 33.8 Å². The molecule has 1 nitrogen and oxygen atoms in total. The maximum absolute atomic E-state index is 6.38. The van der Waals surface area contributed by atoms with Crippen LogP contribution in [0.2, 0.25) is 10.0 Å². The van der Waals surface area contributed by atoms with Gasteiger partial charge in [-0.15, -0.1) is 0 Å². The zero-order valence-corrected chi connectivity index (χ0v) is 13.5. The Morgan fingerprint density at radius 3 is 2.63 bits per heavy atom. The first kappa shape index (κ1) is 15.2. The van der Waals surface area contributed by atoms with E-state index in [-0.39, 0.29) is 5.54 Å². The SMILES string of the molecule is CC(C)(C)NCC1CCCC1c1cccc(Cl)c1Cl. The van der Waals surface area contributed by atoms with E-state index in [0.29, 0.717) is 16.9 Å². The zero-order valence-electron chi connectivity index (χ0n) is 12.0. The molecular formula is C16H23Cl2N. The Hall–Kier alpha value is -0.240. The second kappa shape index (κ2) is 6.03. The highest BCUT2D eigenvalue weighted by atomic mass is 35.5. The van der Waals surface area contributed by atoms with Gasteiger partial charge in [0.15, 0.2) is 0 Å². The predicted molar refractivity (Wildman–Crippen MR) is 84.3 cm³/mol. The van der Waals surface area contributed by atoms with E-state index in [1.54, 1.807) is 0 Å². The molecule has 1 saturated carbocycles. The van der Waals surface area contributed by atoms with Crippen molar-refractivity contribution in [1.29, 1.82) is 0 Å². The van der Waals surface area contributed by atoms with Crippen LogP contribution in [-0.2, 0) is 0 Å². The quantitative estimate of drug-likeness (QED) is 0.802. The van der Waals surface area contributed by atoms with Crippen LogP contribution in [0.25, 0.3) is 0 Å². The molecule has 0 amide bonds. The van der Waals surface area contributed by atoms with Crippen molar-refractivity contribution in [1.82, 2.24) is 5.32 Å². The molecule has 1 N–H and O–H groups in total. The molecule has 0 spiro atoms. The first-order valence-electron chi connectivity index (χ1n) is 7.07. The Kier molecular flexibility index (Phi) is 4.81. The molecule has 1 fully saturated rings. The summed E-state index contributed by atoms with van der Waals surface area (Å²) in [6, 6.07) is 6.01. The molecule has 1 aromatic rings. The van der Waals surface area contributed by atoms with Crippen LogP contribution in [0.3, 0.4) is 0 Å². The first-order valence-corrected chi connectivity index (χ1v) is 7.83. The van der Waals surface area contributed by atoms with Crippen LogP contribution in [0, 0.1) is 5.92 Å². The predicted octanol–water partition coefficient (Wildman–Crippen LogP) is 5.27. The lowest BCUT2D eigenvalue weighted by Crippen LogP contribution is -2.39. The molecule has 2 unspecified atom stereocenters. The smallest absolute Gasteiger partial charge is 0.0627 e. The normalized spacial score (nSPS) is 23.8. The van der Waals surface area contributed by atoms with Crippen LogP contribution in [0.15, 0.2) is 18.2 Å². The van der Waals surface area contributed by atoms with Crippen LogP contribution in [0.5, 0.6) is 0 Å². The second-order valence-corrected chi connectivity index (χ2v) is 7.36. The summed E-state index contributed by atoms with van der Waals surface area (Å²) in [6.45, 7) is 7.69. The summed E-state index contributed by atoms with van der Waals surface area (Å²) in [5.74, 6) is 1.20. The maximum atomic E-state index is 6.38. The average molecular weight is 300 g/mol. The first-order chi connectivity index (χ1) is 8.88. The van der Waals surface area contributed by atoms with Gasteiger partial charge >= 0.3 is 0 Å². The molecule has 2 rings (SSSR count). The maximum Gasteiger partial charge on any atom is 0.0627 e. The third-order valence-electron chi connectivity index (χ3n) is 3.93. The third kappa shape index (κ3) is 3.87. The largest absolute Gasteiger partial charge is 0.312 e. The van der Waals surface area contributed by atoms with Crippen molar-refractivity contribution in [2.75, 3.05) is 6.54 Å². The second-order valence-electron chi connectivity index (χ2n) is 6.57. The molecule has 1 aliphatic carbocycles. The minimum Gasteiger partial charge on any atom is -0.312 e. The van der Waals surface area contributed by atoms with Crippen molar-refractivity contribution >= 4 is 23.2 Å². The van der Waals surface area contributed by atoms with Gasteiger partial charge in [-0.2, -0.15) is 0 Å². The highest BCUT2D eigenvalue weighted by molar-refractivity contribution is 6.42. The van der Waals surface area contributed by atoms with Crippen molar-refractivity contribution in [3.63, 3.8) is 0 Å². The Morgan fingerprint density at radius 1 is 1.21 bits per heavy atom. The molecular weight excluding hydrogens is 277 g/mol. The molecule has 0 heterocycles. The van der Waals surface area contributed by atoms with Gasteiger partial charge in [-0.1, -0.05) is 41.8 Å². The van der Waals surface area contributed by atoms with Gasteiger partial charge in [0.05, 0.1) is 10.0 Å². The summed E-state index contributed by atoms with van der Waals surface area (Å²) in [4.78, 5) is 0. The van der Waals surface area contributed by atoms with Gasteiger partial charge in [0, 0.05) is 5.54 Å². The fourth-order valence-corrected chi connectivity index (χ4v) is 3.38. The van der Waals surface area contributed by atoms with Crippen molar-refractivity contribution in [2.24, 2.45) is 5.92 Å². The van der Waals surface area contributed by atoms with Crippen molar-refractivity contribution in [2.45, 2.75) is 51.5 Å². The average Bonchev–Trinajstić information content (AvgIpc) is 2.77. The molecule has 2 atom stereocenters. The van der Waals surface area contributed by atoms with E-state index in [9.17, 15) is 0 Å². The van der Waals surface area contributed by atoms with Crippen LogP contribution >= 0.6 is 23.2 Å². The van der Waals surface area contributed by atoms with E-state index in [0.717, 1.165) is 11.6 Å². The van der Waals surface area contributed by atoms with Gasteiger partial charge in [-0.05, 0) is 63.6 Å². The van der Waals surface area contributed by atoms with E-state index in [2.05, 4.69) is 32.2 Å². The van der Waals surface area contributed by atoms with Crippen LogP contribution in [0.4, 0.5) is 0 Å². The Morgan fingerprint density at radius 2 is 1.95 bits per heavy atom. The monoisotopic (exact) mass is 299 g/mol. The van der Waals surface area contributed by atoms with Crippen molar-refractivity contribution in [3.8, 4) is 0 Å². The fraction of sp³-hybridized carbons (Fsp3) is 0.625. The number of hydrogen-bond donors (Lipinski definition) is 1. The van der Waals surface area contributed by atoms with E-state index < -0.39 is 0 Å². The van der Waals surface area contributed by atoms with Crippen LogP contribution in [-0.4, -0.2) is 12.1 Å². The summed E-state index contributed by atoms with van der Waals surface area (Å²) in [7, 11) is 0. The standard InChI is InChI=1S/C16H23Cl2N/c1-16(2,3)19-10-11-6-4-7-12(11)13-8-5-9-14(17)15(13)18/h5,8-9,11-12,19H,4,6-7,10H2,1-3H3. The number of nitrogens with one attached hydrogen (secondary N) is 1. The highest BCUT2D eigenvalue weighted by Crippen LogP contribution is 2.43. The van der Waals surface area contributed by atoms with Crippen LogP contribution < -0.4 is 5.32 Å². The summed E-state index contributed by atoms with van der Waals surface area (Å²) < 4.78 is 0. The summed E-state index contributed by atoms with van der Waals surface area (Å²) in [5, 5.41) is 5.04. The molecule has 1 aliphatic rings. The Balaban J connectivity index is 2.12.